The van der Waals surface area contributed by atoms with Crippen molar-refractivity contribution in [2.75, 3.05) is 5.32 Å². The highest BCUT2D eigenvalue weighted by atomic mass is 32.2. The Hall–Kier alpha value is -2.97. The van der Waals surface area contributed by atoms with E-state index in [-0.39, 0.29) is 11.5 Å². The van der Waals surface area contributed by atoms with E-state index in [0.29, 0.717) is 27.9 Å². The molecule has 0 spiro atoms. The zero-order valence-corrected chi connectivity index (χ0v) is 18.9. The molecule has 2 aromatic heterocycles. The minimum Gasteiger partial charge on any atom is -0.321 e. The molecule has 158 valence electrons. The first kappa shape index (κ1) is 21.3. The lowest BCUT2D eigenvalue weighted by Gasteiger charge is -2.10. The van der Waals surface area contributed by atoms with Crippen LogP contribution in [0.5, 0.6) is 0 Å². The highest BCUT2D eigenvalue weighted by molar-refractivity contribution is 7.98. The average Bonchev–Trinajstić information content (AvgIpc) is 3.16. The summed E-state index contributed by atoms with van der Waals surface area (Å²) in [5, 5.41) is 8.28. The molecule has 0 radical (unpaired) electrons. The van der Waals surface area contributed by atoms with Crippen LogP contribution in [0.15, 0.2) is 70.4 Å². The number of amides is 1. The maximum Gasteiger partial charge on any atom is 0.275 e. The first-order valence-corrected chi connectivity index (χ1v) is 11.8. The van der Waals surface area contributed by atoms with Gasteiger partial charge in [0.25, 0.3) is 11.5 Å². The first-order valence-electron chi connectivity index (χ1n) is 9.96. The number of thioether (sulfide) groups is 1. The summed E-state index contributed by atoms with van der Waals surface area (Å²) in [5.74, 6) is 0.823. The van der Waals surface area contributed by atoms with Crippen molar-refractivity contribution in [3.63, 3.8) is 0 Å². The van der Waals surface area contributed by atoms with Crippen LogP contribution < -0.4 is 10.9 Å². The van der Waals surface area contributed by atoms with Crippen molar-refractivity contribution >= 4 is 39.7 Å². The molecule has 0 saturated carbocycles. The Balaban J connectivity index is 1.51. The summed E-state index contributed by atoms with van der Waals surface area (Å²) in [6.07, 6.45) is 0.825. The molecule has 4 aromatic rings. The van der Waals surface area contributed by atoms with Gasteiger partial charge in [0, 0.05) is 28.7 Å². The molecular weight excluding hydrogens is 428 g/mol. The predicted octanol–water partition coefficient (Wildman–Crippen LogP) is 4.89. The van der Waals surface area contributed by atoms with Gasteiger partial charge in [-0.15, -0.1) is 11.8 Å². The Bertz CT molecular complexity index is 1270. The van der Waals surface area contributed by atoms with Crippen LogP contribution in [0.1, 0.15) is 34.9 Å². The first-order chi connectivity index (χ1) is 15.0. The molecule has 8 heteroatoms. The van der Waals surface area contributed by atoms with Crippen LogP contribution >= 0.6 is 23.1 Å². The number of hydrogen-bond acceptors (Lipinski definition) is 6. The summed E-state index contributed by atoms with van der Waals surface area (Å²) in [6.45, 7) is 4.25. The normalized spacial score (nSPS) is 11.2. The highest BCUT2D eigenvalue weighted by Crippen LogP contribution is 2.30. The number of nitrogens with zero attached hydrogens (tertiary/aromatic N) is 3. The van der Waals surface area contributed by atoms with E-state index in [2.05, 4.69) is 29.2 Å². The van der Waals surface area contributed by atoms with Gasteiger partial charge >= 0.3 is 0 Å². The van der Waals surface area contributed by atoms with Gasteiger partial charge in [-0.3, -0.25) is 9.59 Å². The third kappa shape index (κ3) is 5.21. The number of fused-ring (bicyclic) bond motifs is 1. The summed E-state index contributed by atoms with van der Waals surface area (Å²) in [4.78, 5) is 31.2. The molecule has 1 amide bonds. The van der Waals surface area contributed by atoms with Crippen molar-refractivity contribution in [1.82, 2.24) is 14.6 Å². The second-order valence-corrected chi connectivity index (χ2v) is 9.54. The fraction of sp³-hybridized carbons (Fsp3) is 0.217. The summed E-state index contributed by atoms with van der Waals surface area (Å²) in [7, 11) is 0. The molecule has 0 aliphatic rings. The molecule has 6 nitrogen and oxygen atoms in total. The number of carbonyl (C=O) groups excluding carboxylic acids is 1. The lowest BCUT2D eigenvalue weighted by molar-refractivity contribution is 0.102. The van der Waals surface area contributed by atoms with E-state index in [1.165, 1.54) is 33.7 Å². The predicted molar refractivity (Wildman–Crippen MR) is 126 cm³/mol. The minimum atomic E-state index is -0.169. The standard InChI is InChI=1S/C23H22N4O2S2/c1-15(2)12-20-26-27-21(28)13-17(24-23(27)31-20)14-30-19-11-7-6-10-18(19)25-22(29)16-8-4-3-5-9-16/h3-11,13,15H,12,14H2,1-2H3,(H,25,29). The van der Waals surface area contributed by atoms with Crippen molar-refractivity contribution in [2.24, 2.45) is 5.92 Å². The fourth-order valence-electron chi connectivity index (χ4n) is 3.03. The van der Waals surface area contributed by atoms with Crippen molar-refractivity contribution < 1.29 is 4.79 Å². The summed E-state index contributed by atoms with van der Waals surface area (Å²) < 4.78 is 1.38. The number of hydrogen-bond donors (Lipinski definition) is 1. The second kappa shape index (κ2) is 9.45. The van der Waals surface area contributed by atoms with Gasteiger partial charge in [0.2, 0.25) is 4.96 Å². The second-order valence-electron chi connectivity index (χ2n) is 7.48. The third-order valence-corrected chi connectivity index (χ3v) is 6.51. The SMILES string of the molecule is CC(C)Cc1nn2c(=O)cc(CSc3ccccc3NC(=O)c3ccccc3)nc2s1. The fourth-order valence-corrected chi connectivity index (χ4v) is 5.06. The molecule has 1 N–H and O–H groups in total. The Kier molecular flexibility index (Phi) is 6.48. The van der Waals surface area contributed by atoms with Crippen LogP contribution in [0.25, 0.3) is 4.96 Å². The van der Waals surface area contributed by atoms with Crippen LogP contribution in [0.2, 0.25) is 0 Å². The molecule has 0 fully saturated rings. The molecule has 4 rings (SSSR count). The number of nitrogens with one attached hydrogen (secondary N) is 1. The van der Waals surface area contributed by atoms with E-state index in [4.69, 9.17) is 0 Å². The van der Waals surface area contributed by atoms with E-state index in [1.807, 2.05) is 42.5 Å². The highest BCUT2D eigenvalue weighted by Gasteiger charge is 2.12. The summed E-state index contributed by atoms with van der Waals surface area (Å²) >= 11 is 2.99. The lowest BCUT2D eigenvalue weighted by atomic mass is 10.1. The van der Waals surface area contributed by atoms with E-state index in [9.17, 15) is 9.59 Å². The Labute approximate surface area is 188 Å². The number of rotatable bonds is 7. The third-order valence-electron chi connectivity index (χ3n) is 4.47. The van der Waals surface area contributed by atoms with E-state index >= 15 is 0 Å². The maximum atomic E-state index is 12.5. The molecule has 2 aromatic carbocycles. The van der Waals surface area contributed by atoms with Crippen LogP contribution in [-0.4, -0.2) is 20.5 Å². The van der Waals surface area contributed by atoms with E-state index in [1.54, 1.807) is 12.1 Å². The summed E-state index contributed by atoms with van der Waals surface area (Å²) in [6, 6.07) is 18.3. The van der Waals surface area contributed by atoms with Gasteiger partial charge in [-0.05, 0) is 30.2 Å². The minimum absolute atomic E-state index is 0.159. The lowest BCUT2D eigenvalue weighted by Crippen LogP contribution is -2.15. The molecule has 0 atom stereocenters. The molecule has 2 heterocycles. The van der Waals surface area contributed by atoms with Gasteiger partial charge in [0.15, 0.2) is 0 Å². The molecule has 0 aliphatic carbocycles. The molecule has 0 aliphatic heterocycles. The molecular formula is C23H22N4O2S2. The van der Waals surface area contributed by atoms with Crippen molar-refractivity contribution in [1.29, 1.82) is 0 Å². The van der Waals surface area contributed by atoms with Gasteiger partial charge in [0.05, 0.1) is 11.4 Å². The van der Waals surface area contributed by atoms with Crippen molar-refractivity contribution in [2.45, 2.75) is 30.9 Å². The summed E-state index contributed by atoms with van der Waals surface area (Å²) in [5.41, 5.74) is 1.86. The quantitative estimate of drug-likeness (QED) is 0.406. The number of benzene rings is 2. The Morgan fingerprint density at radius 1 is 1.13 bits per heavy atom. The van der Waals surface area contributed by atoms with Gasteiger partial charge in [-0.25, -0.2) is 4.98 Å². The van der Waals surface area contributed by atoms with Crippen molar-refractivity contribution in [3.05, 3.63) is 87.3 Å². The van der Waals surface area contributed by atoms with Gasteiger partial charge < -0.3 is 5.32 Å². The number of carbonyl (C=O) groups is 1. The molecule has 31 heavy (non-hydrogen) atoms. The van der Waals surface area contributed by atoms with Crippen LogP contribution in [0.4, 0.5) is 5.69 Å². The van der Waals surface area contributed by atoms with Crippen LogP contribution in [0.3, 0.4) is 0 Å². The van der Waals surface area contributed by atoms with Crippen LogP contribution in [-0.2, 0) is 12.2 Å². The molecule has 0 saturated heterocycles. The Morgan fingerprint density at radius 2 is 1.87 bits per heavy atom. The number of para-hydroxylation sites is 1. The monoisotopic (exact) mass is 450 g/mol. The smallest absolute Gasteiger partial charge is 0.275 e. The van der Waals surface area contributed by atoms with Gasteiger partial charge in [-0.1, -0.05) is 55.5 Å². The molecule has 0 bridgehead atoms. The zero-order chi connectivity index (χ0) is 21.8. The van der Waals surface area contributed by atoms with Crippen LogP contribution in [0, 0.1) is 5.92 Å². The Morgan fingerprint density at radius 3 is 2.65 bits per heavy atom. The van der Waals surface area contributed by atoms with Gasteiger partial charge in [0.1, 0.15) is 5.01 Å². The van der Waals surface area contributed by atoms with Gasteiger partial charge in [-0.2, -0.15) is 9.61 Å². The zero-order valence-electron chi connectivity index (χ0n) is 17.2. The van der Waals surface area contributed by atoms with E-state index in [0.717, 1.165) is 22.0 Å². The maximum absolute atomic E-state index is 12.5. The number of aromatic nitrogens is 3. The topological polar surface area (TPSA) is 76.4 Å². The van der Waals surface area contributed by atoms with Crippen molar-refractivity contribution in [3.8, 4) is 0 Å². The average molecular weight is 451 g/mol. The molecule has 0 unspecified atom stereocenters. The number of anilines is 1. The van der Waals surface area contributed by atoms with E-state index < -0.39 is 0 Å². The largest absolute Gasteiger partial charge is 0.321 e.